The van der Waals surface area contributed by atoms with Gasteiger partial charge in [0.15, 0.2) is 0 Å². The van der Waals surface area contributed by atoms with Crippen LogP contribution >= 0.6 is 0 Å². The second-order valence-corrected chi connectivity index (χ2v) is 1.94. The molecule has 0 aliphatic carbocycles. The first kappa shape index (κ1) is 7.90. The van der Waals surface area contributed by atoms with E-state index in [1.165, 1.54) is 5.01 Å². The molecule has 0 radical (unpaired) electrons. The number of nitrogens with two attached hydrogens (primary N) is 1. The van der Waals surface area contributed by atoms with Crippen molar-refractivity contribution in [2.75, 3.05) is 18.8 Å². The molecule has 0 unspecified atom stereocenters. The lowest BCUT2D eigenvalue weighted by Crippen LogP contribution is -2.34. The molecule has 0 amide bonds. The smallest absolute Gasteiger partial charge is 0.241 e. The van der Waals surface area contributed by atoms with Gasteiger partial charge >= 0.3 is 0 Å². The number of anilines is 1. The Hall–Kier alpha value is -1.20. The summed E-state index contributed by atoms with van der Waals surface area (Å²) in [5.74, 6) is 5.94. The quantitative estimate of drug-likeness (QED) is 0.370. The minimum atomic E-state index is 0.282. The fourth-order valence-corrected chi connectivity index (χ4v) is 0.636. The van der Waals surface area contributed by atoms with Crippen LogP contribution in [0.3, 0.4) is 0 Å². The highest BCUT2D eigenvalue weighted by molar-refractivity contribution is 5.23. The van der Waals surface area contributed by atoms with Gasteiger partial charge in [0.2, 0.25) is 5.95 Å². The van der Waals surface area contributed by atoms with Crippen LogP contribution in [-0.2, 0) is 4.74 Å². The summed E-state index contributed by atoms with van der Waals surface area (Å²) in [5, 5.41) is 1.32. The standard InChI is InChI=1S/C6H10N4O/c1-11-5-10(7)6-8-3-2-4-9-6/h2-4H,5,7H2,1H3. The molecule has 0 spiro atoms. The molecule has 0 bridgehead atoms. The lowest BCUT2D eigenvalue weighted by molar-refractivity contribution is 0.196. The molecule has 0 aliphatic rings. The second-order valence-electron chi connectivity index (χ2n) is 1.94. The third-order valence-electron chi connectivity index (χ3n) is 1.08. The molecule has 0 saturated carbocycles. The number of rotatable bonds is 3. The van der Waals surface area contributed by atoms with Crippen LogP contribution in [0.2, 0.25) is 0 Å². The Morgan fingerprint density at radius 3 is 2.73 bits per heavy atom. The fraction of sp³-hybridized carbons (Fsp3) is 0.333. The van der Waals surface area contributed by atoms with Gasteiger partial charge in [-0.2, -0.15) is 0 Å². The molecule has 1 heterocycles. The number of aromatic nitrogens is 2. The van der Waals surface area contributed by atoms with Crippen molar-refractivity contribution < 1.29 is 4.74 Å². The largest absolute Gasteiger partial charge is 0.363 e. The Labute approximate surface area is 64.8 Å². The van der Waals surface area contributed by atoms with E-state index in [1.807, 2.05) is 0 Å². The second kappa shape index (κ2) is 3.85. The number of methoxy groups -OCH3 is 1. The zero-order valence-electron chi connectivity index (χ0n) is 6.27. The van der Waals surface area contributed by atoms with Crippen molar-refractivity contribution in [3.63, 3.8) is 0 Å². The van der Waals surface area contributed by atoms with Crippen LogP contribution in [0, 0.1) is 0 Å². The number of hydrazine groups is 1. The Bertz CT molecular complexity index is 203. The first-order valence-corrected chi connectivity index (χ1v) is 3.13. The van der Waals surface area contributed by atoms with E-state index in [1.54, 1.807) is 25.6 Å². The van der Waals surface area contributed by atoms with Gasteiger partial charge in [-0.3, -0.25) is 5.01 Å². The molecule has 1 aromatic rings. The predicted octanol–water partition coefficient (Wildman–Crippen LogP) is -0.239. The average Bonchev–Trinajstić information content (AvgIpc) is 2.07. The van der Waals surface area contributed by atoms with Gasteiger partial charge in [0.25, 0.3) is 0 Å². The normalized spacial score (nSPS) is 9.64. The Balaban J connectivity index is 2.61. The van der Waals surface area contributed by atoms with E-state index in [4.69, 9.17) is 10.6 Å². The van der Waals surface area contributed by atoms with Gasteiger partial charge in [-0.25, -0.2) is 15.8 Å². The molecule has 5 nitrogen and oxygen atoms in total. The molecule has 1 aromatic heterocycles. The van der Waals surface area contributed by atoms with Gasteiger partial charge in [-0.05, 0) is 6.07 Å². The van der Waals surface area contributed by atoms with Crippen molar-refractivity contribution >= 4 is 5.95 Å². The number of hydrogen-bond acceptors (Lipinski definition) is 5. The molecule has 60 valence electrons. The van der Waals surface area contributed by atoms with Crippen LogP contribution in [0.15, 0.2) is 18.5 Å². The minimum Gasteiger partial charge on any atom is -0.363 e. The van der Waals surface area contributed by atoms with Gasteiger partial charge in [0.05, 0.1) is 0 Å². The van der Waals surface area contributed by atoms with E-state index in [0.29, 0.717) is 5.95 Å². The summed E-state index contributed by atoms with van der Waals surface area (Å²) in [7, 11) is 1.56. The van der Waals surface area contributed by atoms with Gasteiger partial charge in [0, 0.05) is 19.5 Å². The van der Waals surface area contributed by atoms with E-state index in [-0.39, 0.29) is 6.73 Å². The third-order valence-corrected chi connectivity index (χ3v) is 1.08. The summed E-state index contributed by atoms with van der Waals surface area (Å²) in [4.78, 5) is 7.81. The molecule has 11 heavy (non-hydrogen) atoms. The van der Waals surface area contributed by atoms with E-state index in [2.05, 4.69) is 9.97 Å². The molecule has 2 N–H and O–H groups in total. The lowest BCUT2D eigenvalue weighted by atomic mass is 10.7. The zero-order valence-corrected chi connectivity index (χ0v) is 6.27. The summed E-state index contributed by atoms with van der Waals surface area (Å²) in [6, 6.07) is 1.73. The molecule has 0 atom stereocenters. The highest BCUT2D eigenvalue weighted by Gasteiger charge is 2.00. The van der Waals surface area contributed by atoms with Crippen molar-refractivity contribution in [3.05, 3.63) is 18.5 Å². The molecule has 0 fully saturated rings. The minimum absolute atomic E-state index is 0.282. The maximum absolute atomic E-state index is 5.49. The van der Waals surface area contributed by atoms with Gasteiger partial charge in [-0.1, -0.05) is 0 Å². The van der Waals surface area contributed by atoms with Crippen LogP contribution in [0.5, 0.6) is 0 Å². The number of nitrogens with zero attached hydrogens (tertiary/aromatic N) is 3. The molecular formula is C6H10N4O. The Kier molecular flexibility index (Phi) is 2.76. The van der Waals surface area contributed by atoms with Gasteiger partial charge < -0.3 is 4.74 Å². The predicted molar refractivity (Wildman–Crippen MR) is 40.6 cm³/mol. The van der Waals surface area contributed by atoms with Crippen molar-refractivity contribution in [2.24, 2.45) is 5.84 Å². The zero-order chi connectivity index (χ0) is 8.10. The lowest BCUT2D eigenvalue weighted by Gasteiger charge is -2.13. The van der Waals surface area contributed by atoms with Crippen molar-refractivity contribution in [1.29, 1.82) is 0 Å². The van der Waals surface area contributed by atoms with Crippen LogP contribution in [-0.4, -0.2) is 23.8 Å². The van der Waals surface area contributed by atoms with E-state index in [0.717, 1.165) is 0 Å². The molecule has 0 saturated heterocycles. The van der Waals surface area contributed by atoms with Crippen LogP contribution in [0.1, 0.15) is 0 Å². The first-order valence-electron chi connectivity index (χ1n) is 3.13. The summed E-state index contributed by atoms with van der Waals surface area (Å²) < 4.78 is 4.78. The van der Waals surface area contributed by atoms with Crippen molar-refractivity contribution in [2.45, 2.75) is 0 Å². The van der Waals surface area contributed by atoms with E-state index in [9.17, 15) is 0 Å². The van der Waals surface area contributed by atoms with Crippen molar-refractivity contribution in [3.8, 4) is 0 Å². The first-order chi connectivity index (χ1) is 5.34. The van der Waals surface area contributed by atoms with Crippen LogP contribution in [0.25, 0.3) is 0 Å². The summed E-state index contributed by atoms with van der Waals surface area (Å²) in [6.07, 6.45) is 3.25. The maximum Gasteiger partial charge on any atom is 0.241 e. The highest BCUT2D eigenvalue weighted by Crippen LogP contribution is 1.97. The summed E-state index contributed by atoms with van der Waals surface area (Å²) >= 11 is 0. The maximum atomic E-state index is 5.49. The molecular weight excluding hydrogens is 144 g/mol. The average molecular weight is 154 g/mol. The van der Waals surface area contributed by atoms with Crippen LogP contribution in [0.4, 0.5) is 5.95 Å². The topological polar surface area (TPSA) is 64.3 Å². The Morgan fingerprint density at radius 1 is 1.55 bits per heavy atom. The molecule has 0 aromatic carbocycles. The Morgan fingerprint density at radius 2 is 2.18 bits per heavy atom. The van der Waals surface area contributed by atoms with Gasteiger partial charge in [-0.15, -0.1) is 0 Å². The number of hydrogen-bond donors (Lipinski definition) is 1. The molecule has 5 heteroatoms. The van der Waals surface area contributed by atoms with E-state index >= 15 is 0 Å². The van der Waals surface area contributed by atoms with Crippen molar-refractivity contribution in [1.82, 2.24) is 9.97 Å². The van der Waals surface area contributed by atoms with Crippen LogP contribution < -0.4 is 10.9 Å². The SMILES string of the molecule is COCN(N)c1ncccn1. The number of ether oxygens (including phenoxy) is 1. The van der Waals surface area contributed by atoms with Gasteiger partial charge in [0.1, 0.15) is 6.73 Å². The monoisotopic (exact) mass is 154 g/mol. The summed E-state index contributed by atoms with van der Waals surface area (Å²) in [5.41, 5.74) is 0. The third kappa shape index (κ3) is 2.14. The molecule has 0 aliphatic heterocycles. The highest BCUT2D eigenvalue weighted by atomic mass is 16.5. The summed E-state index contributed by atoms with van der Waals surface area (Å²) in [6.45, 7) is 0.282. The van der Waals surface area contributed by atoms with E-state index < -0.39 is 0 Å². The molecule has 1 rings (SSSR count). The fourth-order valence-electron chi connectivity index (χ4n) is 0.636.